The number of hydrogen-bond donors (Lipinski definition) is 1. The monoisotopic (exact) mass is 325 g/mol. The Hall–Kier alpha value is -2.89. The number of hydrogen-bond acceptors (Lipinski definition) is 4. The van der Waals surface area contributed by atoms with Crippen molar-refractivity contribution in [1.29, 1.82) is 0 Å². The summed E-state index contributed by atoms with van der Waals surface area (Å²) in [6.07, 6.45) is 5.44. The van der Waals surface area contributed by atoms with E-state index in [-0.39, 0.29) is 18.6 Å². The Morgan fingerprint density at radius 2 is 1.88 bits per heavy atom. The first-order valence-electron chi connectivity index (χ1n) is 7.87. The molecule has 0 aliphatic carbocycles. The predicted octanol–water partition coefficient (Wildman–Crippen LogP) is 1.92. The number of primary amides is 1. The first-order valence-corrected chi connectivity index (χ1v) is 7.87. The van der Waals surface area contributed by atoms with Gasteiger partial charge in [-0.1, -0.05) is 0 Å². The van der Waals surface area contributed by atoms with Crippen LogP contribution in [0.2, 0.25) is 0 Å². The average molecular weight is 325 g/mol. The highest BCUT2D eigenvalue weighted by Crippen LogP contribution is 2.32. The molecule has 0 saturated carbocycles. The van der Waals surface area contributed by atoms with Gasteiger partial charge < -0.3 is 15.4 Å². The number of aromatic nitrogens is 1. The van der Waals surface area contributed by atoms with Crippen LogP contribution in [0.4, 0.5) is 0 Å². The maximum atomic E-state index is 12.8. The molecule has 124 valence electrons. The lowest BCUT2D eigenvalue weighted by Crippen LogP contribution is -2.30. The second kappa shape index (κ2) is 7.12. The minimum Gasteiger partial charge on any atom is -0.484 e. The molecule has 2 N–H and O–H groups in total. The van der Waals surface area contributed by atoms with Gasteiger partial charge in [0.05, 0.1) is 6.04 Å². The molecule has 1 atom stereocenters. The van der Waals surface area contributed by atoms with E-state index in [0.717, 1.165) is 24.9 Å². The Balaban J connectivity index is 1.72. The van der Waals surface area contributed by atoms with Gasteiger partial charge in [-0.3, -0.25) is 14.6 Å². The van der Waals surface area contributed by atoms with Crippen molar-refractivity contribution in [3.63, 3.8) is 0 Å². The maximum absolute atomic E-state index is 12.8. The van der Waals surface area contributed by atoms with E-state index >= 15 is 0 Å². The molecule has 1 aromatic heterocycles. The van der Waals surface area contributed by atoms with Gasteiger partial charge in [0.2, 0.25) is 0 Å². The quantitative estimate of drug-likeness (QED) is 0.910. The second-order valence-corrected chi connectivity index (χ2v) is 5.72. The highest BCUT2D eigenvalue weighted by molar-refractivity contribution is 5.94. The van der Waals surface area contributed by atoms with Crippen molar-refractivity contribution in [1.82, 2.24) is 9.88 Å². The number of nitrogens with two attached hydrogens (primary N) is 1. The van der Waals surface area contributed by atoms with Crippen molar-refractivity contribution < 1.29 is 14.3 Å². The number of rotatable bonds is 5. The normalized spacial score (nSPS) is 16.8. The molecule has 0 spiro atoms. The largest absolute Gasteiger partial charge is 0.484 e. The molecule has 1 aliphatic heterocycles. The summed E-state index contributed by atoms with van der Waals surface area (Å²) in [6.45, 7) is 0.565. The van der Waals surface area contributed by atoms with Gasteiger partial charge in [-0.25, -0.2) is 0 Å². The van der Waals surface area contributed by atoms with Crippen LogP contribution in [0.25, 0.3) is 0 Å². The van der Waals surface area contributed by atoms with Crippen molar-refractivity contribution in [3.05, 3.63) is 59.9 Å². The molecule has 0 bridgehead atoms. The van der Waals surface area contributed by atoms with Crippen molar-refractivity contribution in [3.8, 4) is 5.75 Å². The molecule has 1 fully saturated rings. The second-order valence-electron chi connectivity index (χ2n) is 5.72. The van der Waals surface area contributed by atoms with E-state index in [1.807, 2.05) is 17.0 Å². The SMILES string of the molecule is NC(=O)COc1ccc(C(=O)N2CCCC2c2ccncc2)cc1. The van der Waals surface area contributed by atoms with Crippen LogP contribution in [0.3, 0.4) is 0 Å². The lowest BCUT2D eigenvalue weighted by molar-refractivity contribution is -0.119. The maximum Gasteiger partial charge on any atom is 0.255 e. The Morgan fingerprint density at radius 3 is 2.54 bits per heavy atom. The van der Waals surface area contributed by atoms with Crippen molar-refractivity contribution in [2.75, 3.05) is 13.2 Å². The number of ether oxygens (including phenoxy) is 1. The summed E-state index contributed by atoms with van der Waals surface area (Å²) in [4.78, 5) is 29.5. The molecule has 6 nitrogen and oxygen atoms in total. The number of carbonyl (C=O) groups is 2. The van der Waals surface area contributed by atoms with Crippen LogP contribution in [-0.4, -0.2) is 34.8 Å². The fourth-order valence-corrected chi connectivity index (χ4v) is 2.96. The van der Waals surface area contributed by atoms with Crippen LogP contribution >= 0.6 is 0 Å². The Morgan fingerprint density at radius 1 is 1.17 bits per heavy atom. The number of pyridine rings is 1. The van der Waals surface area contributed by atoms with E-state index in [1.165, 1.54) is 0 Å². The van der Waals surface area contributed by atoms with Gasteiger partial charge in [0.1, 0.15) is 5.75 Å². The van der Waals surface area contributed by atoms with E-state index in [4.69, 9.17) is 10.5 Å². The van der Waals surface area contributed by atoms with Gasteiger partial charge in [-0.15, -0.1) is 0 Å². The molecule has 1 aliphatic rings. The van der Waals surface area contributed by atoms with Crippen molar-refractivity contribution in [2.45, 2.75) is 18.9 Å². The van der Waals surface area contributed by atoms with E-state index in [1.54, 1.807) is 36.7 Å². The van der Waals surface area contributed by atoms with Crippen molar-refractivity contribution in [2.24, 2.45) is 5.73 Å². The van der Waals surface area contributed by atoms with E-state index < -0.39 is 5.91 Å². The Labute approximate surface area is 140 Å². The lowest BCUT2D eigenvalue weighted by Gasteiger charge is -2.25. The zero-order valence-corrected chi connectivity index (χ0v) is 13.2. The highest BCUT2D eigenvalue weighted by Gasteiger charge is 2.30. The average Bonchev–Trinajstić information content (AvgIpc) is 3.10. The van der Waals surface area contributed by atoms with Crippen LogP contribution < -0.4 is 10.5 Å². The van der Waals surface area contributed by atoms with Crippen LogP contribution in [0.1, 0.15) is 34.8 Å². The zero-order chi connectivity index (χ0) is 16.9. The zero-order valence-electron chi connectivity index (χ0n) is 13.2. The van der Waals surface area contributed by atoms with Crippen LogP contribution in [0.5, 0.6) is 5.75 Å². The predicted molar refractivity (Wildman–Crippen MR) is 88.4 cm³/mol. The van der Waals surface area contributed by atoms with Gasteiger partial charge in [0.25, 0.3) is 11.8 Å². The summed E-state index contributed by atoms with van der Waals surface area (Å²) < 4.78 is 5.21. The summed E-state index contributed by atoms with van der Waals surface area (Å²) in [5.74, 6) is -0.0272. The van der Waals surface area contributed by atoms with Gasteiger partial charge in [-0.2, -0.15) is 0 Å². The number of nitrogens with zero attached hydrogens (tertiary/aromatic N) is 2. The van der Waals surface area contributed by atoms with E-state index in [9.17, 15) is 9.59 Å². The fraction of sp³-hybridized carbons (Fsp3) is 0.278. The molecule has 1 saturated heterocycles. The minimum atomic E-state index is -0.535. The third-order valence-corrected chi connectivity index (χ3v) is 4.09. The lowest BCUT2D eigenvalue weighted by atomic mass is 10.1. The number of likely N-dealkylation sites (tertiary alicyclic amines) is 1. The minimum absolute atomic E-state index is 0.00392. The van der Waals surface area contributed by atoms with Crippen LogP contribution in [-0.2, 0) is 4.79 Å². The fourth-order valence-electron chi connectivity index (χ4n) is 2.96. The molecule has 0 radical (unpaired) electrons. The third kappa shape index (κ3) is 3.53. The highest BCUT2D eigenvalue weighted by atomic mass is 16.5. The summed E-state index contributed by atoms with van der Waals surface area (Å²) >= 11 is 0. The van der Waals surface area contributed by atoms with Gasteiger partial charge in [0.15, 0.2) is 6.61 Å². The molecule has 24 heavy (non-hydrogen) atoms. The van der Waals surface area contributed by atoms with Crippen molar-refractivity contribution >= 4 is 11.8 Å². The number of amides is 2. The molecule has 3 rings (SSSR count). The molecular formula is C18H19N3O3. The Bertz CT molecular complexity index is 716. The summed E-state index contributed by atoms with van der Waals surface area (Å²) in [6, 6.07) is 10.8. The number of carbonyl (C=O) groups excluding carboxylic acids is 2. The summed E-state index contributed by atoms with van der Waals surface area (Å²) in [5, 5.41) is 0. The van der Waals surface area contributed by atoms with Gasteiger partial charge >= 0.3 is 0 Å². The molecule has 2 aromatic rings. The first-order chi connectivity index (χ1) is 11.6. The third-order valence-electron chi connectivity index (χ3n) is 4.09. The molecule has 6 heteroatoms. The molecule has 1 aromatic carbocycles. The first kappa shape index (κ1) is 16.0. The summed E-state index contributed by atoms with van der Waals surface area (Å²) in [7, 11) is 0. The molecule has 1 unspecified atom stereocenters. The standard InChI is InChI=1S/C18H19N3O3/c19-17(22)12-24-15-5-3-14(4-6-15)18(23)21-11-1-2-16(21)13-7-9-20-10-8-13/h3-10,16H,1-2,11-12H2,(H2,19,22). The Kier molecular flexibility index (Phi) is 4.74. The topological polar surface area (TPSA) is 85.5 Å². The molecule has 2 amide bonds. The van der Waals surface area contributed by atoms with Crippen LogP contribution in [0, 0.1) is 0 Å². The smallest absolute Gasteiger partial charge is 0.255 e. The van der Waals surface area contributed by atoms with Gasteiger partial charge in [-0.05, 0) is 54.8 Å². The molecule has 2 heterocycles. The van der Waals surface area contributed by atoms with Gasteiger partial charge in [0, 0.05) is 24.5 Å². The number of benzene rings is 1. The molecular weight excluding hydrogens is 306 g/mol. The van der Waals surface area contributed by atoms with Crippen LogP contribution in [0.15, 0.2) is 48.8 Å². The van der Waals surface area contributed by atoms with E-state index in [2.05, 4.69) is 4.98 Å². The van der Waals surface area contributed by atoms with E-state index in [0.29, 0.717) is 11.3 Å². The summed E-state index contributed by atoms with van der Waals surface area (Å²) in [5.41, 5.74) is 6.75.